The molecule has 0 aromatic carbocycles. The lowest BCUT2D eigenvalue weighted by molar-refractivity contribution is -0.0530. The minimum Gasteiger partial charge on any atom is -0.366 e. The van der Waals surface area contributed by atoms with Crippen LogP contribution in [0.4, 0.5) is 0 Å². The molecule has 0 spiro atoms. The molecule has 0 saturated heterocycles. The van der Waals surface area contributed by atoms with E-state index >= 15 is 0 Å². The molecule has 1 rings (SSSR count). The zero-order chi connectivity index (χ0) is 10.8. The van der Waals surface area contributed by atoms with Gasteiger partial charge in [-0.1, -0.05) is 0 Å². The van der Waals surface area contributed by atoms with Crippen LogP contribution in [0.1, 0.15) is 44.5 Å². The topological polar surface area (TPSA) is 22.1 Å². The van der Waals surface area contributed by atoms with E-state index in [2.05, 4.69) is 4.98 Å². The predicted octanol–water partition coefficient (Wildman–Crippen LogP) is 3.76. The fourth-order valence-electron chi connectivity index (χ4n) is 1.15. The Bertz CT molecular complexity index is 293. The van der Waals surface area contributed by atoms with Crippen molar-refractivity contribution in [2.45, 2.75) is 45.3 Å². The van der Waals surface area contributed by atoms with Crippen LogP contribution in [0.25, 0.3) is 0 Å². The van der Waals surface area contributed by atoms with Gasteiger partial charge in [0.25, 0.3) is 0 Å². The van der Waals surface area contributed by atoms with Crippen LogP contribution in [0.5, 0.6) is 0 Å². The number of ether oxygens (including phenoxy) is 1. The molecule has 0 bridgehead atoms. The second-order valence-electron chi connectivity index (χ2n) is 4.18. The van der Waals surface area contributed by atoms with E-state index in [0.29, 0.717) is 5.88 Å². The van der Waals surface area contributed by atoms with Crippen molar-refractivity contribution in [2.24, 2.45) is 0 Å². The lowest BCUT2D eigenvalue weighted by Gasteiger charge is -2.23. The molecule has 0 saturated carbocycles. The van der Waals surface area contributed by atoms with Crippen LogP contribution in [0.3, 0.4) is 0 Å². The monoisotopic (exact) mass is 233 g/mol. The van der Waals surface area contributed by atoms with E-state index in [4.69, 9.17) is 16.3 Å². The third-order valence-corrected chi connectivity index (χ3v) is 2.91. The largest absolute Gasteiger partial charge is 0.366 e. The molecule has 0 radical (unpaired) electrons. The third kappa shape index (κ3) is 3.56. The van der Waals surface area contributed by atoms with Gasteiger partial charge in [0.1, 0.15) is 11.1 Å². The van der Waals surface area contributed by atoms with Crippen molar-refractivity contribution in [3.63, 3.8) is 0 Å². The first-order valence-corrected chi connectivity index (χ1v) is 6.02. The van der Waals surface area contributed by atoms with Crippen LogP contribution in [-0.2, 0) is 10.6 Å². The zero-order valence-corrected chi connectivity index (χ0v) is 10.6. The van der Waals surface area contributed by atoms with E-state index < -0.39 is 0 Å². The Morgan fingerprint density at radius 3 is 2.64 bits per heavy atom. The summed E-state index contributed by atoms with van der Waals surface area (Å²) in [7, 11) is 0. The van der Waals surface area contributed by atoms with Crippen molar-refractivity contribution in [2.75, 3.05) is 0 Å². The molecule has 1 heterocycles. The van der Waals surface area contributed by atoms with Crippen molar-refractivity contribution in [1.82, 2.24) is 4.98 Å². The molecular weight excluding hydrogens is 218 g/mol. The molecule has 2 nitrogen and oxygen atoms in total. The zero-order valence-electron chi connectivity index (χ0n) is 9.00. The van der Waals surface area contributed by atoms with Crippen molar-refractivity contribution in [3.05, 3.63) is 16.1 Å². The Morgan fingerprint density at radius 2 is 2.21 bits per heavy atom. The molecule has 0 aliphatic carbocycles. The van der Waals surface area contributed by atoms with Gasteiger partial charge in [0.15, 0.2) is 0 Å². The standard InChI is InChI=1S/C10H16ClNOS/c1-7(13-10(2,3)4)9-12-8(5-11)6-14-9/h6-7H,5H2,1-4H3. The first-order chi connectivity index (χ1) is 6.42. The molecule has 1 atom stereocenters. The first kappa shape index (κ1) is 12.0. The molecular formula is C10H16ClNOS. The van der Waals surface area contributed by atoms with Gasteiger partial charge in [-0.25, -0.2) is 4.98 Å². The number of aromatic nitrogens is 1. The Balaban J connectivity index is 2.65. The fraction of sp³-hybridized carbons (Fsp3) is 0.700. The van der Waals surface area contributed by atoms with Crippen molar-refractivity contribution >= 4 is 22.9 Å². The number of nitrogens with zero attached hydrogens (tertiary/aromatic N) is 1. The lowest BCUT2D eigenvalue weighted by atomic mass is 10.2. The maximum Gasteiger partial charge on any atom is 0.122 e. The van der Waals surface area contributed by atoms with Gasteiger partial charge in [-0.15, -0.1) is 22.9 Å². The molecule has 1 unspecified atom stereocenters. The molecule has 0 amide bonds. The predicted molar refractivity (Wildman–Crippen MR) is 60.9 cm³/mol. The van der Waals surface area contributed by atoms with Gasteiger partial charge in [0, 0.05) is 5.38 Å². The Kier molecular flexibility index (Phi) is 3.93. The Morgan fingerprint density at radius 1 is 1.57 bits per heavy atom. The van der Waals surface area contributed by atoms with Gasteiger partial charge in [-0.05, 0) is 27.7 Å². The highest BCUT2D eigenvalue weighted by Gasteiger charge is 2.18. The van der Waals surface area contributed by atoms with Gasteiger partial charge in [0.05, 0.1) is 17.2 Å². The van der Waals surface area contributed by atoms with E-state index in [1.165, 1.54) is 0 Å². The minimum absolute atomic E-state index is 0.0389. The quantitative estimate of drug-likeness (QED) is 0.742. The van der Waals surface area contributed by atoms with Crippen molar-refractivity contribution in [3.8, 4) is 0 Å². The number of hydrogen-bond acceptors (Lipinski definition) is 3. The molecule has 0 aliphatic heterocycles. The SMILES string of the molecule is CC(OC(C)(C)C)c1nc(CCl)cs1. The normalized spacial score (nSPS) is 14.4. The van der Waals surface area contributed by atoms with Gasteiger partial charge >= 0.3 is 0 Å². The highest BCUT2D eigenvalue weighted by molar-refractivity contribution is 7.09. The van der Waals surface area contributed by atoms with Gasteiger partial charge in [-0.2, -0.15) is 0 Å². The summed E-state index contributed by atoms with van der Waals surface area (Å²) in [6.45, 7) is 8.14. The number of rotatable bonds is 3. The molecule has 1 aromatic heterocycles. The maximum atomic E-state index is 5.79. The number of hydrogen-bond donors (Lipinski definition) is 0. The number of thiazole rings is 1. The fourth-order valence-corrected chi connectivity index (χ4v) is 2.18. The Hall–Kier alpha value is -0.120. The van der Waals surface area contributed by atoms with E-state index in [1.54, 1.807) is 11.3 Å². The molecule has 0 fully saturated rings. The molecule has 1 aromatic rings. The number of halogens is 1. The van der Waals surface area contributed by atoms with Crippen molar-refractivity contribution in [1.29, 1.82) is 0 Å². The van der Waals surface area contributed by atoms with Gasteiger partial charge in [-0.3, -0.25) is 0 Å². The summed E-state index contributed by atoms with van der Waals surface area (Å²) in [5.74, 6) is 0.471. The van der Waals surface area contributed by atoms with Gasteiger partial charge in [0.2, 0.25) is 0 Å². The van der Waals surface area contributed by atoms with Crippen LogP contribution >= 0.6 is 22.9 Å². The van der Waals surface area contributed by atoms with E-state index in [1.807, 2.05) is 33.1 Å². The first-order valence-electron chi connectivity index (χ1n) is 4.60. The summed E-state index contributed by atoms with van der Waals surface area (Å²) in [6.07, 6.45) is 0.0389. The molecule has 0 aliphatic rings. The van der Waals surface area contributed by atoms with Crippen LogP contribution in [0.2, 0.25) is 0 Å². The second-order valence-corrected chi connectivity index (χ2v) is 5.34. The number of alkyl halides is 1. The molecule has 4 heteroatoms. The second kappa shape index (κ2) is 4.60. The van der Waals surface area contributed by atoms with E-state index in [-0.39, 0.29) is 11.7 Å². The summed E-state index contributed by atoms with van der Waals surface area (Å²) in [6, 6.07) is 0. The summed E-state index contributed by atoms with van der Waals surface area (Å²) in [5, 5.41) is 2.97. The maximum absolute atomic E-state index is 5.79. The summed E-state index contributed by atoms with van der Waals surface area (Å²) in [4.78, 5) is 4.37. The van der Waals surface area contributed by atoms with Crippen LogP contribution < -0.4 is 0 Å². The molecule has 80 valence electrons. The van der Waals surface area contributed by atoms with E-state index in [0.717, 1.165) is 10.7 Å². The highest BCUT2D eigenvalue weighted by atomic mass is 35.5. The van der Waals surface area contributed by atoms with Crippen LogP contribution in [0, 0.1) is 0 Å². The van der Waals surface area contributed by atoms with Crippen LogP contribution in [-0.4, -0.2) is 10.6 Å². The molecule has 14 heavy (non-hydrogen) atoms. The van der Waals surface area contributed by atoms with Gasteiger partial charge < -0.3 is 4.74 Å². The van der Waals surface area contributed by atoms with E-state index in [9.17, 15) is 0 Å². The average Bonchev–Trinajstić information content (AvgIpc) is 2.48. The smallest absolute Gasteiger partial charge is 0.122 e. The average molecular weight is 234 g/mol. The summed E-state index contributed by atoms with van der Waals surface area (Å²) in [5.41, 5.74) is 0.794. The summed E-state index contributed by atoms with van der Waals surface area (Å²) >= 11 is 7.28. The minimum atomic E-state index is -0.133. The Labute approximate surface area is 94.3 Å². The summed E-state index contributed by atoms with van der Waals surface area (Å²) < 4.78 is 5.79. The lowest BCUT2D eigenvalue weighted by Crippen LogP contribution is -2.21. The highest BCUT2D eigenvalue weighted by Crippen LogP contribution is 2.26. The van der Waals surface area contributed by atoms with Crippen molar-refractivity contribution < 1.29 is 4.74 Å². The molecule has 0 N–H and O–H groups in total. The van der Waals surface area contributed by atoms with Crippen LogP contribution in [0.15, 0.2) is 5.38 Å². The third-order valence-electron chi connectivity index (χ3n) is 1.58.